The van der Waals surface area contributed by atoms with Crippen molar-refractivity contribution in [1.29, 1.82) is 0 Å². The Labute approximate surface area is 85.4 Å². The summed E-state index contributed by atoms with van der Waals surface area (Å²) in [7, 11) is 0. The van der Waals surface area contributed by atoms with E-state index in [1.54, 1.807) is 0 Å². The molecule has 0 aliphatic rings. The maximum atomic E-state index is 11.8. The number of H-pyrrole nitrogens is 1. The van der Waals surface area contributed by atoms with Gasteiger partial charge in [-0.2, -0.15) is 0 Å². The van der Waals surface area contributed by atoms with E-state index in [-0.39, 0.29) is 0 Å². The van der Waals surface area contributed by atoms with Crippen molar-refractivity contribution in [3.05, 3.63) is 26.6 Å². The van der Waals surface area contributed by atoms with E-state index in [1.807, 2.05) is 4.98 Å². The number of nitrogens with one attached hydrogen (secondary N) is 1. The zero-order valence-electron chi connectivity index (χ0n) is 6.28. The molecule has 0 aliphatic carbocycles. The first-order chi connectivity index (χ1) is 6.29. The maximum absolute atomic E-state index is 11.8. The minimum absolute atomic E-state index is 0.504. The molecule has 1 N–H and O–H groups in total. The number of alkyl halides is 3. The normalized spacial score (nSPS) is 11.5. The standard InChI is InChI=1S/C6H2Cl2F3NO2/c7-2-1-3(13)12-5(8)4(2)14-6(9,10)11/h1H,(H,12,13). The van der Waals surface area contributed by atoms with Crippen molar-refractivity contribution >= 4 is 23.2 Å². The molecule has 3 nitrogen and oxygen atoms in total. The first-order valence-electron chi connectivity index (χ1n) is 3.13. The van der Waals surface area contributed by atoms with E-state index in [0.717, 1.165) is 6.07 Å². The van der Waals surface area contributed by atoms with Gasteiger partial charge in [-0.15, -0.1) is 13.2 Å². The number of aromatic nitrogens is 1. The lowest BCUT2D eigenvalue weighted by Crippen LogP contribution is -2.19. The number of hydrogen-bond acceptors (Lipinski definition) is 2. The molecular weight excluding hydrogens is 246 g/mol. The molecule has 1 rings (SSSR count). The number of hydrogen-bond donors (Lipinski definition) is 1. The zero-order chi connectivity index (χ0) is 10.9. The Morgan fingerprint density at radius 2 is 1.93 bits per heavy atom. The van der Waals surface area contributed by atoms with Gasteiger partial charge in [0.05, 0.1) is 5.02 Å². The van der Waals surface area contributed by atoms with E-state index in [0.29, 0.717) is 0 Å². The number of pyridine rings is 1. The average Bonchev–Trinajstić information content (AvgIpc) is 1.95. The Morgan fingerprint density at radius 3 is 2.36 bits per heavy atom. The van der Waals surface area contributed by atoms with Crippen LogP contribution in [0.25, 0.3) is 0 Å². The summed E-state index contributed by atoms with van der Waals surface area (Å²) in [6, 6.07) is 0.731. The highest BCUT2D eigenvalue weighted by Gasteiger charge is 2.33. The minimum atomic E-state index is -4.91. The van der Waals surface area contributed by atoms with Crippen LogP contribution in [0.15, 0.2) is 10.9 Å². The fraction of sp³-hybridized carbons (Fsp3) is 0.167. The van der Waals surface area contributed by atoms with Crippen LogP contribution in [0.3, 0.4) is 0 Å². The maximum Gasteiger partial charge on any atom is 0.573 e. The first kappa shape index (κ1) is 11.2. The van der Waals surface area contributed by atoms with Gasteiger partial charge in [0.1, 0.15) is 0 Å². The topological polar surface area (TPSA) is 42.1 Å². The second kappa shape index (κ2) is 3.70. The van der Waals surface area contributed by atoms with E-state index in [9.17, 15) is 18.0 Å². The third kappa shape index (κ3) is 2.81. The van der Waals surface area contributed by atoms with Gasteiger partial charge in [-0.05, 0) is 0 Å². The molecule has 0 spiro atoms. The van der Waals surface area contributed by atoms with Gasteiger partial charge < -0.3 is 9.72 Å². The van der Waals surface area contributed by atoms with Crippen LogP contribution < -0.4 is 10.3 Å². The van der Waals surface area contributed by atoms with E-state index in [1.165, 1.54) is 0 Å². The van der Waals surface area contributed by atoms with Gasteiger partial charge in [0, 0.05) is 6.07 Å². The van der Waals surface area contributed by atoms with Crippen LogP contribution in [-0.2, 0) is 0 Å². The summed E-state index contributed by atoms with van der Waals surface area (Å²) >= 11 is 10.6. The summed E-state index contributed by atoms with van der Waals surface area (Å²) in [5.74, 6) is -0.819. The van der Waals surface area contributed by atoms with Crippen LogP contribution in [0.4, 0.5) is 13.2 Å². The molecule has 0 unspecified atom stereocenters. The predicted octanol–water partition coefficient (Wildman–Crippen LogP) is 2.58. The molecule has 1 heterocycles. The van der Waals surface area contributed by atoms with Gasteiger partial charge in [0.15, 0.2) is 10.9 Å². The summed E-state index contributed by atoms with van der Waals surface area (Å²) in [4.78, 5) is 12.6. The molecule has 0 fully saturated rings. The van der Waals surface area contributed by atoms with Crippen LogP contribution in [0.5, 0.6) is 5.75 Å². The van der Waals surface area contributed by atoms with Crippen LogP contribution in [0, 0.1) is 0 Å². The summed E-state index contributed by atoms with van der Waals surface area (Å²) in [6.45, 7) is 0. The van der Waals surface area contributed by atoms with Crippen molar-refractivity contribution in [3.63, 3.8) is 0 Å². The number of ether oxygens (including phenoxy) is 1. The first-order valence-corrected chi connectivity index (χ1v) is 3.89. The van der Waals surface area contributed by atoms with E-state index >= 15 is 0 Å². The molecule has 0 amide bonds. The molecule has 0 aliphatic heterocycles. The van der Waals surface area contributed by atoms with Crippen molar-refractivity contribution in [2.24, 2.45) is 0 Å². The molecule has 8 heteroatoms. The largest absolute Gasteiger partial charge is 0.573 e. The lowest BCUT2D eigenvalue weighted by Gasteiger charge is -2.10. The Morgan fingerprint density at radius 1 is 1.36 bits per heavy atom. The zero-order valence-corrected chi connectivity index (χ0v) is 7.80. The van der Waals surface area contributed by atoms with Crippen molar-refractivity contribution in [2.75, 3.05) is 0 Å². The highest BCUT2D eigenvalue weighted by Crippen LogP contribution is 2.33. The highest BCUT2D eigenvalue weighted by atomic mass is 35.5. The van der Waals surface area contributed by atoms with E-state index in [2.05, 4.69) is 4.74 Å². The third-order valence-corrected chi connectivity index (χ3v) is 1.67. The molecule has 0 atom stereocenters. The summed E-state index contributed by atoms with van der Waals surface area (Å²) < 4.78 is 38.8. The average molecular weight is 248 g/mol. The second-order valence-electron chi connectivity index (χ2n) is 2.17. The van der Waals surface area contributed by atoms with Gasteiger partial charge in [0.2, 0.25) is 0 Å². The molecular formula is C6H2Cl2F3NO2. The van der Waals surface area contributed by atoms with Crippen molar-refractivity contribution < 1.29 is 17.9 Å². The molecule has 1 aromatic rings. The monoisotopic (exact) mass is 247 g/mol. The molecule has 0 saturated heterocycles. The van der Waals surface area contributed by atoms with E-state index in [4.69, 9.17) is 23.2 Å². The van der Waals surface area contributed by atoms with Gasteiger partial charge in [0.25, 0.3) is 5.56 Å². The molecule has 1 aromatic heterocycles. The van der Waals surface area contributed by atoms with E-state index < -0.39 is 27.8 Å². The van der Waals surface area contributed by atoms with Crippen molar-refractivity contribution in [1.82, 2.24) is 4.98 Å². The number of halogens is 5. The van der Waals surface area contributed by atoms with Crippen molar-refractivity contribution in [2.45, 2.75) is 6.36 Å². The van der Waals surface area contributed by atoms with Gasteiger partial charge in [-0.3, -0.25) is 4.79 Å². The van der Waals surface area contributed by atoms with Crippen LogP contribution in [-0.4, -0.2) is 11.3 Å². The van der Waals surface area contributed by atoms with Gasteiger partial charge in [-0.1, -0.05) is 23.2 Å². The lowest BCUT2D eigenvalue weighted by atomic mass is 10.4. The molecule has 14 heavy (non-hydrogen) atoms. The summed E-state index contributed by atoms with van der Waals surface area (Å²) in [6.07, 6.45) is -4.91. The third-order valence-electron chi connectivity index (χ3n) is 1.12. The predicted molar refractivity (Wildman–Crippen MR) is 43.8 cm³/mol. The minimum Gasteiger partial charge on any atom is -0.401 e. The quantitative estimate of drug-likeness (QED) is 0.776. The fourth-order valence-corrected chi connectivity index (χ4v) is 1.21. The van der Waals surface area contributed by atoms with Crippen LogP contribution in [0.2, 0.25) is 10.2 Å². The molecule has 0 radical (unpaired) electrons. The molecule has 0 bridgehead atoms. The molecule has 0 aromatic carbocycles. The Hall–Kier alpha value is -0.880. The molecule has 78 valence electrons. The Kier molecular flexibility index (Phi) is 2.96. The number of rotatable bonds is 1. The van der Waals surface area contributed by atoms with Gasteiger partial charge in [-0.25, -0.2) is 0 Å². The van der Waals surface area contributed by atoms with Crippen molar-refractivity contribution in [3.8, 4) is 5.75 Å². The lowest BCUT2D eigenvalue weighted by molar-refractivity contribution is -0.274. The van der Waals surface area contributed by atoms with Gasteiger partial charge >= 0.3 is 6.36 Å². The summed E-state index contributed by atoms with van der Waals surface area (Å²) in [5, 5.41) is -1.10. The van der Waals surface area contributed by atoms with Crippen LogP contribution >= 0.6 is 23.2 Å². The Balaban J connectivity index is 3.16. The highest BCUT2D eigenvalue weighted by molar-refractivity contribution is 6.36. The van der Waals surface area contributed by atoms with Crippen LogP contribution in [0.1, 0.15) is 0 Å². The smallest absolute Gasteiger partial charge is 0.401 e. The second-order valence-corrected chi connectivity index (χ2v) is 2.96. The Bertz CT molecular complexity index is 375. The fourth-order valence-electron chi connectivity index (χ4n) is 0.696. The number of aromatic amines is 1. The summed E-state index contributed by atoms with van der Waals surface area (Å²) in [5.41, 5.74) is -0.713. The molecule has 0 saturated carbocycles. The SMILES string of the molecule is O=c1cc(Cl)c(OC(F)(F)F)c(Cl)[nH]1.